The molecule has 10 heteroatoms. The SMILES string of the molecule is C#CCCC(=O)N[C@@H](Cc1ccccc1)[C@H](O)C(=O)N1CC(F)(F)C[C@H]1C(=O)NCc1ccc(NC)cc1. The number of aliphatic hydroxyl groups is 1. The van der Waals surface area contributed by atoms with E-state index in [0.717, 1.165) is 11.3 Å². The number of alkyl halides is 2. The number of rotatable bonds is 11. The Bertz CT molecular complexity index is 1150. The average molecular weight is 527 g/mol. The summed E-state index contributed by atoms with van der Waals surface area (Å²) in [7, 11) is 1.77. The molecule has 2 aromatic rings. The Balaban J connectivity index is 1.74. The first-order chi connectivity index (χ1) is 18.1. The first kappa shape index (κ1) is 28.6. The fourth-order valence-electron chi connectivity index (χ4n) is 4.30. The van der Waals surface area contributed by atoms with Gasteiger partial charge in [0, 0.05) is 38.5 Å². The molecule has 2 aromatic carbocycles. The number of carbonyl (C=O) groups excluding carboxylic acids is 3. The molecule has 8 nitrogen and oxygen atoms in total. The van der Waals surface area contributed by atoms with Crippen molar-refractivity contribution in [3.05, 3.63) is 65.7 Å². The third-order valence-corrected chi connectivity index (χ3v) is 6.34. The molecule has 4 N–H and O–H groups in total. The molecule has 1 saturated heterocycles. The van der Waals surface area contributed by atoms with Crippen molar-refractivity contribution < 1.29 is 28.3 Å². The van der Waals surface area contributed by atoms with Crippen molar-refractivity contribution >= 4 is 23.4 Å². The number of halogens is 2. The Morgan fingerprint density at radius 2 is 1.82 bits per heavy atom. The van der Waals surface area contributed by atoms with Crippen LogP contribution in [-0.2, 0) is 27.3 Å². The van der Waals surface area contributed by atoms with Crippen molar-refractivity contribution in [3.8, 4) is 12.3 Å². The zero-order valence-corrected chi connectivity index (χ0v) is 21.1. The Morgan fingerprint density at radius 1 is 1.13 bits per heavy atom. The van der Waals surface area contributed by atoms with Crippen LogP contribution in [0.5, 0.6) is 0 Å². The quantitative estimate of drug-likeness (QED) is 0.335. The van der Waals surface area contributed by atoms with Crippen LogP contribution in [0.1, 0.15) is 30.4 Å². The zero-order valence-electron chi connectivity index (χ0n) is 21.1. The fourth-order valence-corrected chi connectivity index (χ4v) is 4.30. The molecule has 3 rings (SSSR count). The molecule has 0 unspecified atom stereocenters. The van der Waals surface area contributed by atoms with Gasteiger partial charge in [-0.15, -0.1) is 12.3 Å². The Labute approximate surface area is 220 Å². The molecule has 1 fully saturated rings. The van der Waals surface area contributed by atoms with Crippen LogP contribution in [0.4, 0.5) is 14.5 Å². The lowest BCUT2D eigenvalue weighted by molar-refractivity contribution is -0.147. The number of hydrogen-bond donors (Lipinski definition) is 4. The highest BCUT2D eigenvalue weighted by molar-refractivity contribution is 5.91. The summed E-state index contributed by atoms with van der Waals surface area (Å²) in [6, 6.07) is 13.4. The van der Waals surface area contributed by atoms with Crippen molar-refractivity contribution in [2.24, 2.45) is 0 Å². The van der Waals surface area contributed by atoms with Gasteiger partial charge in [0.15, 0.2) is 6.10 Å². The van der Waals surface area contributed by atoms with Gasteiger partial charge >= 0.3 is 0 Å². The van der Waals surface area contributed by atoms with E-state index in [9.17, 15) is 28.3 Å². The summed E-state index contributed by atoms with van der Waals surface area (Å²) in [5, 5.41) is 19.2. The molecular formula is C28H32F2N4O4. The van der Waals surface area contributed by atoms with Crippen LogP contribution in [0.2, 0.25) is 0 Å². The first-order valence-corrected chi connectivity index (χ1v) is 12.3. The van der Waals surface area contributed by atoms with Gasteiger partial charge in [0.2, 0.25) is 11.8 Å². The molecule has 1 aliphatic heterocycles. The second-order valence-electron chi connectivity index (χ2n) is 9.22. The minimum atomic E-state index is -3.31. The van der Waals surface area contributed by atoms with E-state index in [1.807, 2.05) is 12.1 Å². The topological polar surface area (TPSA) is 111 Å². The number of likely N-dealkylation sites (tertiary alicyclic amines) is 1. The lowest BCUT2D eigenvalue weighted by Crippen LogP contribution is -2.55. The zero-order chi connectivity index (χ0) is 27.7. The number of hydrogen-bond acceptors (Lipinski definition) is 5. The maximum atomic E-state index is 14.4. The summed E-state index contributed by atoms with van der Waals surface area (Å²) in [4.78, 5) is 39.3. The van der Waals surface area contributed by atoms with Crippen molar-refractivity contribution in [1.29, 1.82) is 0 Å². The van der Waals surface area contributed by atoms with Crippen LogP contribution in [-0.4, -0.2) is 65.4 Å². The van der Waals surface area contributed by atoms with E-state index in [0.29, 0.717) is 10.5 Å². The summed E-state index contributed by atoms with van der Waals surface area (Å²) in [6.45, 7) is -0.932. The Morgan fingerprint density at radius 3 is 2.45 bits per heavy atom. The normalized spacial score (nSPS) is 17.7. The lowest BCUT2D eigenvalue weighted by atomic mass is 9.99. The molecule has 0 aliphatic carbocycles. The summed E-state index contributed by atoms with van der Waals surface area (Å²) >= 11 is 0. The number of carbonyl (C=O) groups is 3. The van der Waals surface area contributed by atoms with E-state index in [1.165, 1.54) is 0 Å². The van der Waals surface area contributed by atoms with Crippen LogP contribution < -0.4 is 16.0 Å². The number of nitrogens with one attached hydrogen (secondary N) is 3. The molecule has 202 valence electrons. The third kappa shape index (κ3) is 7.76. The van der Waals surface area contributed by atoms with Gasteiger partial charge in [-0.1, -0.05) is 42.5 Å². The van der Waals surface area contributed by atoms with Crippen LogP contribution in [0.3, 0.4) is 0 Å². The summed E-state index contributed by atoms with van der Waals surface area (Å²) in [5.41, 5.74) is 2.34. The van der Waals surface area contributed by atoms with Crippen LogP contribution in [0, 0.1) is 12.3 Å². The van der Waals surface area contributed by atoms with Crippen LogP contribution in [0.15, 0.2) is 54.6 Å². The number of aliphatic hydroxyl groups excluding tert-OH is 1. The highest BCUT2D eigenvalue weighted by Gasteiger charge is 2.51. The van der Waals surface area contributed by atoms with Crippen molar-refractivity contribution in [1.82, 2.24) is 15.5 Å². The predicted molar refractivity (Wildman–Crippen MR) is 139 cm³/mol. The summed E-state index contributed by atoms with van der Waals surface area (Å²) in [6.07, 6.45) is 2.69. The second kappa shape index (κ2) is 13.0. The van der Waals surface area contributed by atoms with Gasteiger partial charge in [-0.2, -0.15) is 0 Å². The van der Waals surface area contributed by atoms with Gasteiger partial charge in [-0.05, 0) is 29.7 Å². The van der Waals surface area contributed by atoms with Gasteiger partial charge in [-0.25, -0.2) is 8.78 Å². The number of terminal acetylenes is 1. The number of benzene rings is 2. The average Bonchev–Trinajstić information content (AvgIpc) is 3.25. The molecule has 38 heavy (non-hydrogen) atoms. The second-order valence-corrected chi connectivity index (χ2v) is 9.22. The van der Waals surface area contributed by atoms with E-state index in [-0.39, 0.29) is 25.8 Å². The first-order valence-electron chi connectivity index (χ1n) is 12.3. The molecular weight excluding hydrogens is 494 g/mol. The van der Waals surface area contributed by atoms with E-state index in [4.69, 9.17) is 6.42 Å². The van der Waals surface area contributed by atoms with Crippen LogP contribution in [0.25, 0.3) is 0 Å². The third-order valence-electron chi connectivity index (χ3n) is 6.34. The standard InChI is InChI=1S/C28H32F2N4O4/c1-3-4-10-24(35)33-22(15-19-8-6-5-7-9-19)25(36)27(38)34-18-28(29,30)16-23(34)26(37)32-17-20-11-13-21(31-2)14-12-20/h1,5-9,11-14,22-23,25,31,36H,4,10,15-18H2,2H3,(H,32,37)(H,33,35)/t22-,23-,25-/m0/s1. The van der Waals surface area contributed by atoms with Gasteiger partial charge < -0.3 is 26.0 Å². The van der Waals surface area contributed by atoms with E-state index in [1.54, 1.807) is 49.5 Å². The highest BCUT2D eigenvalue weighted by atomic mass is 19.3. The molecule has 0 aromatic heterocycles. The smallest absolute Gasteiger partial charge is 0.267 e. The van der Waals surface area contributed by atoms with E-state index >= 15 is 0 Å². The van der Waals surface area contributed by atoms with Gasteiger partial charge in [0.25, 0.3) is 11.8 Å². The van der Waals surface area contributed by atoms with Crippen LogP contribution >= 0.6 is 0 Å². The minimum Gasteiger partial charge on any atom is -0.388 e. The molecule has 3 atom stereocenters. The monoisotopic (exact) mass is 526 g/mol. The van der Waals surface area contributed by atoms with Crippen molar-refractivity contribution in [3.63, 3.8) is 0 Å². The van der Waals surface area contributed by atoms with Crippen molar-refractivity contribution in [2.45, 2.75) is 56.3 Å². The van der Waals surface area contributed by atoms with E-state index < -0.39 is 54.8 Å². The van der Waals surface area contributed by atoms with Gasteiger partial charge in [0.1, 0.15) is 6.04 Å². The lowest BCUT2D eigenvalue weighted by Gasteiger charge is -2.30. The minimum absolute atomic E-state index is 0.0230. The Kier molecular flexibility index (Phi) is 9.79. The Hall–Kier alpha value is -3.97. The molecule has 1 aliphatic rings. The number of nitrogens with zero attached hydrogens (tertiary/aromatic N) is 1. The number of anilines is 1. The molecule has 0 radical (unpaired) electrons. The molecule has 1 heterocycles. The molecule has 0 saturated carbocycles. The number of amides is 3. The largest absolute Gasteiger partial charge is 0.388 e. The van der Waals surface area contributed by atoms with Gasteiger partial charge in [-0.3, -0.25) is 14.4 Å². The molecule has 0 bridgehead atoms. The highest BCUT2D eigenvalue weighted by Crippen LogP contribution is 2.33. The maximum Gasteiger partial charge on any atom is 0.267 e. The molecule has 0 spiro atoms. The maximum absolute atomic E-state index is 14.4. The van der Waals surface area contributed by atoms with E-state index in [2.05, 4.69) is 21.9 Å². The summed E-state index contributed by atoms with van der Waals surface area (Å²) < 4.78 is 28.8. The van der Waals surface area contributed by atoms with Gasteiger partial charge in [0.05, 0.1) is 12.6 Å². The predicted octanol–water partition coefficient (Wildman–Crippen LogP) is 2.08. The summed E-state index contributed by atoms with van der Waals surface area (Å²) in [5.74, 6) is -3.26. The fraction of sp³-hybridized carbons (Fsp3) is 0.393. The van der Waals surface area contributed by atoms with Crippen molar-refractivity contribution in [2.75, 3.05) is 18.9 Å². The molecule has 3 amide bonds.